The molecule has 0 saturated heterocycles. The molecule has 1 aliphatic carbocycles. The number of hydrogen-bond acceptors (Lipinski definition) is 2. The highest BCUT2D eigenvalue weighted by Gasteiger charge is 2.19. The first-order chi connectivity index (χ1) is 9.52. The molecule has 118 valence electrons. The van der Waals surface area contributed by atoms with E-state index in [1.54, 1.807) is 0 Å². The molecule has 20 heavy (non-hydrogen) atoms. The lowest BCUT2D eigenvalue weighted by molar-refractivity contribution is -0.121. The lowest BCUT2D eigenvalue weighted by Crippen LogP contribution is -2.31. The average molecular weight is 282 g/mol. The summed E-state index contributed by atoms with van der Waals surface area (Å²) in [5.41, 5.74) is 5.64. The second kappa shape index (κ2) is 9.38. The highest BCUT2D eigenvalue weighted by atomic mass is 16.1. The Hall–Kier alpha value is -0.570. The number of nitrogens with two attached hydrogens (primary N) is 1. The van der Waals surface area contributed by atoms with Crippen LogP contribution in [0.3, 0.4) is 0 Å². The molecule has 0 aromatic heterocycles. The third-order valence-corrected chi connectivity index (χ3v) is 4.95. The van der Waals surface area contributed by atoms with Gasteiger partial charge in [-0.1, -0.05) is 33.6 Å². The number of nitrogens with one attached hydrogen (secondary N) is 1. The van der Waals surface area contributed by atoms with E-state index >= 15 is 0 Å². The summed E-state index contributed by atoms with van der Waals surface area (Å²) in [7, 11) is 0. The Morgan fingerprint density at radius 3 is 2.40 bits per heavy atom. The molecule has 1 fully saturated rings. The van der Waals surface area contributed by atoms with Crippen molar-refractivity contribution < 1.29 is 4.79 Å². The minimum atomic E-state index is 0.228. The predicted molar refractivity (Wildman–Crippen MR) is 85.4 cm³/mol. The van der Waals surface area contributed by atoms with Crippen LogP contribution in [0.2, 0.25) is 0 Å². The molecule has 0 aliphatic heterocycles. The van der Waals surface area contributed by atoms with Gasteiger partial charge in [-0.2, -0.15) is 0 Å². The maximum atomic E-state index is 11.9. The molecule has 1 unspecified atom stereocenters. The fourth-order valence-electron chi connectivity index (χ4n) is 3.22. The van der Waals surface area contributed by atoms with Crippen LogP contribution in [-0.2, 0) is 4.79 Å². The van der Waals surface area contributed by atoms with E-state index in [0.717, 1.165) is 31.8 Å². The van der Waals surface area contributed by atoms with Gasteiger partial charge in [0.25, 0.3) is 0 Å². The van der Waals surface area contributed by atoms with E-state index in [9.17, 15) is 4.79 Å². The third kappa shape index (κ3) is 6.74. The van der Waals surface area contributed by atoms with Crippen molar-refractivity contribution >= 4 is 5.91 Å². The molecule has 1 atom stereocenters. The van der Waals surface area contributed by atoms with E-state index < -0.39 is 0 Å². The van der Waals surface area contributed by atoms with Crippen molar-refractivity contribution in [1.29, 1.82) is 0 Å². The van der Waals surface area contributed by atoms with Crippen LogP contribution < -0.4 is 11.1 Å². The van der Waals surface area contributed by atoms with Crippen molar-refractivity contribution in [2.24, 2.45) is 29.4 Å². The zero-order valence-electron chi connectivity index (χ0n) is 13.7. The molecular formula is C17H34N2O. The first-order valence-electron chi connectivity index (χ1n) is 8.49. The minimum Gasteiger partial charge on any atom is -0.356 e. The Morgan fingerprint density at radius 1 is 1.20 bits per heavy atom. The third-order valence-electron chi connectivity index (χ3n) is 4.95. The van der Waals surface area contributed by atoms with Gasteiger partial charge in [-0.05, 0) is 55.9 Å². The minimum absolute atomic E-state index is 0.228. The second-order valence-electron chi connectivity index (χ2n) is 7.05. The monoisotopic (exact) mass is 282 g/mol. The van der Waals surface area contributed by atoms with Crippen LogP contribution in [0.1, 0.15) is 65.7 Å². The van der Waals surface area contributed by atoms with E-state index in [-0.39, 0.29) is 5.91 Å². The van der Waals surface area contributed by atoms with Crippen LogP contribution in [0.25, 0.3) is 0 Å². The number of rotatable bonds is 8. The van der Waals surface area contributed by atoms with E-state index in [1.807, 2.05) is 0 Å². The summed E-state index contributed by atoms with van der Waals surface area (Å²) in [6.45, 7) is 8.39. The first-order valence-corrected chi connectivity index (χ1v) is 8.49. The van der Waals surface area contributed by atoms with Crippen molar-refractivity contribution in [3.8, 4) is 0 Å². The van der Waals surface area contributed by atoms with Crippen LogP contribution in [0.4, 0.5) is 0 Å². The van der Waals surface area contributed by atoms with Gasteiger partial charge in [0.15, 0.2) is 0 Å². The Kier molecular flexibility index (Phi) is 8.20. The summed E-state index contributed by atoms with van der Waals surface area (Å²) in [6.07, 6.45) is 7.88. The molecule has 0 aromatic carbocycles. The van der Waals surface area contributed by atoms with Crippen LogP contribution in [0, 0.1) is 23.7 Å². The topological polar surface area (TPSA) is 55.1 Å². The molecule has 3 N–H and O–H groups in total. The standard InChI is InChI=1S/C17H34N2O/c1-13(2)16(10-11-18)8-9-17(20)19-12-15-6-4-14(3)5-7-15/h13-16H,4-12,18H2,1-3H3,(H,19,20). The van der Waals surface area contributed by atoms with Crippen molar-refractivity contribution in [3.63, 3.8) is 0 Å². The molecule has 0 spiro atoms. The Morgan fingerprint density at radius 2 is 1.85 bits per heavy atom. The maximum absolute atomic E-state index is 11.9. The van der Waals surface area contributed by atoms with Crippen molar-refractivity contribution in [3.05, 3.63) is 0 Å². The molecule has 1 aliphatic rings. The van der Waals surface area contributed by atoms with Gasteiger partial charge in [0, 0.05) is 13.0 Å². The largest absolute Gasteiger partial charge is 0.356 e. The molecule has 3 heteroatoms. The molecule has 0 bridgehead atoms. The van der Waals surface area contributed by atoms with Crippen LogP contribution >= 0.6 is 0 Å². The maximum Gasteiger partial charge on any atom is 0.220 e. The molecule has 0 heterocycles. The number of carbonyl (C=O) groups is 1. The second-order valence-corrected chi connectivity index (χ2v) is 7.05. The van der Waals surface area contributed by atoms with E-state index in [2.05, 4.69) is 26.1 Å². The lowest BCUT2D eigenvalue weighted by Gasteiger charge is -2.26. The van der Waals surface area contributed by atoms with Gasteiger partial charge in [-0.15, -0.1) is 0 Å². The summed E-state index contributed by atoms with van der Waals surface area (Å²) in [4.78, 5) is 11.9. The van der Waals surface area contributed by atoms with Gasteiger partial charge < -0.3 is 11.1 Å². The van der Waals surface area contributed by atoms with E-state index in [0.29, 0.717) is 24.2 Å². The van der Waals surface area contributed by atoms with E-state index in [4.69, 9.17) is 5.73 Å². The van der Waals surface area contributed by atoms with Gasteiger partial charge in [0.05, 0.1) is 0 Å². The highest BCUT2D eigenvalue weighted by molar-refractivity contribution is 5.75. The Balaban J connectivity index is 2.16. The smallest absolute Gasteiger partial charge is 0.220 e. The van der Waals surface area contributed by atoms with Crippen molar-refractivity contribution in [1.82, 2.24) is 5.32 Å². The molecule has 0 aromatic rings. The zero-order chi connectivity index (χ0) is 15.0. The van der Waals surface area contributed by atoms with Crippen molar-refractivity contribution in [2.45, 2.75) is 65.7 Å². The van der Waals surface area contributed by atoms with Gasteiger partial charge in [-0.25, -0.2) is 0 Å². The van der Waals surface area contributed by atoms with Crippen LogP contribution in [0.15, 0.2) is 0 Å². The lowest BCUT2D eigenvalue weighted by atomic mass is 9.83. The summed E-state index contributed by atoms with van der Waals surface area (Å²) < 4.78 is 0. The number of amides is 1. The fraction of sp³-hybridized carbons (Fsp3) is 0.941. The summed E-state index contributed by atoms with van der Waals surface area (Å²) in [5.74, 6) is 3.02. The molecule has 0 radical (unpaired) electrons. The summed E-state index contributed by atoms with van der Waals surface area (Å²) >= 11 is 0. The van der Waals surface area contributed by atoms with Crippen LogP contribution in [0.5, 0.6) is 0 Å². The Labute approximate surface area is 125 Å². The van der Waals surface area contributed by atoms with Gasteiger partial charge >= 0.3 is 0 Å². The fourth-order valence-corrected chi connectivity index (χ4v) is 3.22. The summed E-state index contributed by atoms with van der Waals surface area (Å²) in [6, 6.07) is 0. The van der Waals surface area contributed by atoms with Gasteiger partial charge in [0.2, 0.25) is 5.91 Å². The number of carbonyl (C=O) groups excluding carboxylic acids is 1. The van der Waals surface area contributed by atoms with Crippen molar-refractivity contribution in [2.75, 3.05) is 13.1 Å². The highest BCUT2D eigenvalue weighted by Crippen LogP contribution is 2.27. The zero-order valence-corrected chi connectivity index (χ0v) is 13.7. The summed E-state index contributed by atoms with van der Waals surface area (Å²) in [5, 5.41) is 3.13. The molecular weight excluding hydrogens is 248 g/mol. The molecule has 1 saturated carbocycles. The number of hydrogen-bond donors (Lipinski definition) is 2. The molecule has 1 amide bonds. The first kappa shape index (κ1) is 17.5. The van der Waals surface area contributed by atoms with Gasteiger partial charge in [-0.3, -0.25) is 4.79 Å². The average Bonchev–Trinajstić information content (AvgIpc) is 2.42. The predicted octanol–water partition coefficient (Wildman–Crippen LogP) is 3.33. The van der Waals surface area contributed by atoms with E-state index in [1.165, 1.54) is 25.7 Å². The van der Waals surface area contributed by atoms with Gasteiger partial charge in [0.1, 0.15) is 0 Å². The quantitative estimate of drug-likeness (QED) is 0.717. The normalized spacial score (nSPS) is 24.6. The molecule has 1 rings (SSSR count). The Bertz CT molecular complexity index is 270. The SMILES string of the molecule is CC1CCC(CNC(=O)CCC(CCN)C(C)C)CC1. The molecule has 3 nitrogen and oxygen atoms in total. The van der Waals surface area contributed by atoms with Crippen LogP contribution in [-0.4, -0.2) is 19.0 Å².